The summed E-state index contributed by atoms with van der Waals surface area (Å²) in [5, 5.41) is 1.21. The lowest BCUT2D eigenvalue weighted by molar-refractivity contribution is 0.103. The smallest absolute Gasteiger partial charge is 0.209 e. The molecule has 4 rings (SSSR count). The molecule has 0 bridgehead atoms. The summed E-state index contributed by atoms with van der Waals surface area (Å²) in [7, 11) is 1.99. The van der Waals surface area contributed by atoms with Crippen LogP contribution in [0.25, 0.3) is 10.9 Å². The van der Waals surface area contributed by atoms with E-state index >= 15 is 0 Å². The van der Waals surface area contributed by atoms with Crippen LogP contribution in [0.4, 0.5) is 0 Å². The van der Waals surface area contributed by atoms with E-state index in [0.717, 1.165) is 35.2 Å². The second-order valence-electron chi connectivity index (χ2n) is 5.39. The Kier molecular flexibility index (Phi) is 2.34. The molecule has 2 nitrogen and oxygen atoms in total. The lowest BCUT2D eigenvalue weighted by Gasteiger charge is -2.06. The Bertz CT molecular complexity index is 842. The lowest BCUT2D eigenvalue weighted by Crippen LogP contribution is -2.09. The molecule has 1 heterocycles. The van der Waals surface area contributed by atoms with Crippen molar-refractivity contribution in [3.63, 3.8) is 0 Å². The Morgan fingerprint density at radius 3 is 2.60 bits per heavy atom. The van der Waals surface area contributed by atoms with Gasteiger partial charge in [-0.15, -0.1) is 0 Å². The van der Waals surface area contributed by atoms with E-state index in [1.807, 2.05) is 37.4 Å². The normalized spacial score (nSPS) is 13.9. The van der Waals surface area contributed by atoms with Crippen molar-refractivity contribution in [1.29, 1.82) is 0 Å². The number of para-hydroxylation sites is 1. The number of rotatable bonds is 0. The van der Waals surface area contributed by atoms with Crippen LogP contribution in [0.1, 0.15) is 27.2 Å². The van der Waals surface area contributed by atoms with Gasteiger partial charge in [0.15, 0.2) is 0 Å². The van der Waals surface area contributed by atoms with Crippen molar-refractivity contribution in [2.75, 3.05) is 0 Å². The fourth-order valence-electron chi connectivity index (χ4n) is 3.36. The van der Waals surface area contributed by atoms with Gasteiger partial charge in [-0.25, -0.2) is 0 Å². The van der Waals surface area contributed by atoms with Crippen LogP contribution in [0.3, 0.4) is 0 Å². The van der Waals surface area contributed by atoms with Gasteiger partial charge in [-0.2, -0.15) is 0 Å². The summed E-state index contributed by atoms with van der Waals surface area (Å²) >= 11 is 0. The maximum Gasteiger partial charge on any atom is 0.209 e. The molecule has 0 fully saturated rings. The molecule has 2 aromatic carbocycles. The fourth-order valence-corrected chi connectivity index (χ4v) is 3.36. The van der Waals surface area contributed by atoms with E-state index in [0.29, 0.717) is 0 Å². The maximum atomic E-state index is 12.9. The minimum Gasteiger partial charge on any atom is -0.341 e. The topological polar surface area (TPSA) is 22.0 Å². The highest BCUT2D eigenvalue weighted by Gasteiger charge is 2.26. The van der Waals surface area contributed by atoms with Crippen molar-refractivity contribution in [3.8, 4) is 0 Å². The predicted octanol–water partition coefficient (Wildman–Crippen LogP) is 3.51. The zero-order valence-corrected chi connectivity index (χ0v) is 11.4. The van der Waals surface area contributed by atoms with Gasteiger partial charge >= 0.3 is 0 Å². The van der Waals surface area contributed by atoms with Gasteiger partial charge in [0.05, 0.1) is 5.69 Å². The second-order valence-corrected chi connectivity index (χ2v) is 5.39. The quantitative estimate of drug-likeness (QED) is 0.607. The van der Waals surface area contributed by atoms with Crippen LogP contribution < -0.4 is 0 Å². The number of aromatic nitrogens is 1. The number of carbonyl (C=O) groups is 1. The van der Waals surface area contributed by atoms with Crippen molar-refractivity contribution in [3.05, 3.63) is 70.9 Å². The van der Waals surface area contributed by atoms with Crippen molar-refractivity contribution in [2.45, 2.75) is 12.8 Å². The van der Waals surface area contributed by atoms with E-state index in [4.69, 9.17) is 0 Å². The van der Waals surface area contributed by atoms with Crippen molar-refractivity contribution >= 4 is 16.7 Å². The Hall–Kier alpha value is -2.35. The molecule has 0 atom stereocenters. The Labute approximate surface area is 117 Å². The molecule has 0 radical (unpaired) electrons. The number of carbonyl (C=O) groups excluding carboxylic acids is 1. The molecule has 20 heavy (non-hydrogen) atoms. The van der Waals surface area contributed by atoms with E-state index in [2.05, 4.69) is 22.8 Å². The minimum atomic E-state index is 0.159. The molecule has 0 amide bonds. The van der Waals surface area contributed by atoms with Gasteiger partial charge < -0.3 is 4.57 Å². The summed E-state index contributed by atoms with van der Waals surface area (Å²) in [5.74, 6) is 0.159. The van der Waals surface area contributed by atoms with Crippen molar-refractivity contribution < 1.29 is 4.79 Å². The third kappa shape index (κ3) is 1.42. The monoisotopic (exact) mass is 261 g/mol. The molecule has 1 aromatic heterocycles. The molecule has 98 valence electrons. The van der Waals surface area contributed by atoms with Gasteiger partial charge in [-0.3, -0.25) is 4.79 Å². The minimum absolute atomic E-state index is 0.159. The van der Waals surface area contributed by atoms with Crippen LogP contribution in [0.5, 0.6) is 0 Å². The van der Waals surface area contributed by atoms with Crippen molar-refractivity contribution in [2.24, 2.45) is 7.05 Å². The second kappa shape index (κ2) is 4.07. The number of benzene rings is 2. The average molecular weight is 261 g/mol. The average Bonchev–Trinajstić information content (AvgIpc) is 2.68. The van der Waals surface area contributed by atoms with E-state index in [1.165, 1.54) is 10.9 Å². The van der Waals surface area contributed by atoms with E-state index in [1.54, 1.807) is 0 Å². The Balaban J connectivity index is 2.07. The zero-order chi connectivity index (χ0) is 13.7. The molecule has 3 aromatic rings. The third-order valence-corrected chi connectivity index (χ3v) is 4.33. The molecule has 0 N–H and O–H groups in total. The molecular weight excluding hydrogens is 246 g/mol. The largest absolute Gasteiger partial charge is 0.341 e. The first-order chi connectivity index (χ1) is 9.77. The lowest BCUT2D eigenvalue weighted by atomic mass is 10.0. The standard InChI is InChI=1S/C18H15NO/c1-19-16-9-5-4-8-14(16)15-11-10-12-6-2-3-7-13(12)18(20)17(15)19/h2-9H,10-11H2,1H3. The summed E-state index contributed by atoms with van der Waals surface area (Å²) in [6.45, 7) is 0. The van der Waals surface area contributed by atoms with Crippen LogP contribution in [0, 0.1) is 0 Å². The van der Waals surface area contributed by atoms with Crippen LogP contribution >= 0.6 is 0 Å². The number of hydrogen-bond donors (Lipinski definition) is 0. The van der Waals surface area contributed by atoms with Gasteiger partial charge in [0.25, 0.3) is 0 Å². The number of fused-ring (bicyclic) bond motifs is 4. The molecular formula is C18H15NO. The highest BCUT2D eigenvalue weighted by molar-refractivity contribution is 6.13. The third-order valence-electron chi connectivity index (χ3n) is 4.33. The van der Waals surface area contributed by atoms with E-state index < -0.39 is 0 Å². The fraction of sp³-hybridized carbons (Fsp3) is 0.167. The van der Waals surface area contributed by atoms with Crippen LogP contribution in [0.15, 0.2) is 48.5 Å². The van der Waals surface area contributed by atoms with Crippen LogP contribution in [-0.2, 0) is 19.9 Å². The van der Waals surface area contributed by atoms with Crippen LogP contribution in [0.2, 0.25) is 0 Å². The van der Waals surface area contributed by atoms with Gasteiger partial charge in [0.2, 0.25) is 5.78 Å². The summed E-state index contributed by atoms with van der Waals surface area (Å²) in [5.41, 5.74) is 5.22. The molecule has 0 unspecified atom stereocenters. The molecule has 0 saturated carbocycles. The summed E-state index contributed by atoms with van der Waals surface area (Å²) in [6.07, 6.45) is 1.86. The highest BCUT2D eigenvalue weighted by atomic mass is 16.1. The van der Waals surface area contributed by atoms with E-state index in [-0.39, 0.29) is 5.78 Å². The van der Waals surface area contributed by atoms with Gasteiger partial charge in [-0.05, 0) is 30.0 Å². The van der Waals surface area contributed by atoms with Crippen LogP contribution in [-0.4, -0.2) is 10.4 Å². The molecule has 1 aliphatic rings. The number of nitrogens with zero attached hydrogens (tertiary/aromatic N) is 1. The first-order valence-electron chi connectivity index (χ1n) is 6.96. The van der Waals surface area contributed by atoms with Gasteiger partial charge in [0, 0.05) is 23.5 Å². The number of ketones is 1. The summed E-state index contributed by atoms with van der Waals surface area (Å²) in [6, 6.07) is 16.3. The molecule has 2 heteroatoms. The summed E-state index contributed by atoms with van der Waals surface area (Å²) in [4.78, 5) is 12.9. The first-order valence-corrected chi connectivity index (χ1v) is 6.96. The SMILES string of the molecule is Cn1c2c(c3ccccc31)CCc1ccccc1C2=O. The predicted molar refractivity (Wildman–Crippen MR) is 80.2 cm³/mol. The Morgan fingerprint density at radius 2 is 1.70 bits per heavy atom. The highest BCUT2D eigenvalue weighted by Crippen LogP contribution is 2.31. The molecule has 0 spiro atoms. The van der Waals surface area contributed by atoms with Crippen molar-refractivity contribution in [1.82, 2.24) is 4.57 Å². The zero-order valence-electron chi connectivity index (χ0n) is 11.4. The van der Waals surface area contributed by atoms with E-state index in [9.17, 15) is 4.79 Å². The number of aryl methyl sites for hydroxylation is 3. The first kappa shape index (κ1) is 11.5. The molecule has 0 aliphatic heterocycles. The van der Waals surface area contributed by atoms with Gasteiger partial charge in [-0.1, -0.05) is 42.5 Å². The molecule has 0 saturated heterocycles. The maximum absolute atomic E-state index is 12.9. The summed E-state index contributed by atoms with van der Waals surface area (Å²) < 4.78 is 2.05. The molecule has 1 aliphatic carbocycles. The number of hydrogen-bond acceptors (Lipinski definition) is 1. The van der Waals surface area contributed by atoms with Gasteiger partial charge in [0.1, 0.15) is 0 Å². The Morgan fingerprint density at radius 1 is 0.950 bits per heavy atom.